The highest BCUT2D eigenvalue weighted by molar-refractivity contribution is 4.88. The number of aromatic nitrogens is 1. The van der Waals surface area contributed by atoms with Crippen LogP contribution in [0.4, 0.5) is 0 Å². The van der Waals surface area contributed by atoms with E-state index in [0.717, 1.165) is 0 Å². The van der Waals surface area contributed by atoms with E-state index >= 15 is 0 Å². The van der Waals surface area contributed by atoms with Crippen LogP contribution in [-0.2, 0) is 0 Å². The topological polar surface area (TPSA) is 38.9 Å². The Bertz CT molecular complexity index is 137. The molecule has 2 nitrogen and oxygen atoms in total. The summed E-state index contributed by atoms with van der Waals surface area (Å²) < 4.78 is 0. The van der Waals surface area contributed by atoms with Gasteiger partial charge in [0.2, 0.25) is 0 Å². The molecule has 0 radical (unpaired) electrons. The van der Waals surface area contributed by atoms with Gasteiger partial charge in [-0.25, -0.2) is 0 Å². The first kappa shape index (κ1) is 7.51. The molecule has 1 rings (SSSR count). The Morgan fingerprint density at radius 3 is 1.78 bits per heavy atom. The predicted molar refractivity (Wildman–Crippen MR) is 37.3 cm³/mol. The van der Waals surface area contributed by atoms with E-state index in [4.69, 9.17) is 0 Å². The van der Waals surface area contributed by atoms with Gasteiger partial charge in [-0.05, 0) is 18.2 Å². The van der Waals surface area contributed by atoms with E-state index in [2.05, 4.69) is 17.1 Å². The summed E-state index contributed by atoms with van der Waals surface area (Å²) in [6.45, 7) is 0. The Morgan fingerprint density at radius 2 is 1.67 bits per heavy atom. The highest BCUT2D eigenvalue weighted by Crippen LogP contribution is 1.73. The van der Waals surface area contributed by atoms with Crippen molar-refractivity contribution < 1.29 is 0 Å². The van der Waals surface area contributed by atoms with Crippen molar-refractivity contribution in [2.75, 3.05) is 0 Å². The van der Waals surface area contributed by atoms with Crippen LogP contribution in [0.3, 0.4) is 0 Å². The van der Waals surface area contributed by atoms with Crippen molar-refractivity contribution in [3.63, 3.8) is 0 Å². The van der Waals surface area contributed by atoms with Crippen molar-refractivity contribution in [3.8, 4) is 12.5 Å². The molecule has 0 unspecified atom stereocenters. The Labute approximate surface area is 54.7 Å². The Balaban J connectivity index is 0.000000187. The maximum atomic E-state index is 4.38. The fourth-order valence-corrected chi connectivity index (χ4v) is 0.313. The first-order valence-corrected chi connectivity index (χ1v) is 2.43. The van der Waals surface area contributed by atoms with Gasteiger partial charge in [-0.2, -0.15) is 0 Å². The Kier molecular flexibility index (Phi) is 5.43. The van der Waals surface area contributed by atoms with Gasteiger partial charge in [-0.3, -0.25) is 4.98 Å². The average Bonchev–Trinajstić information content (AvgIpc) is 1.93. The summed E-state index contributed by atoms with van der Waals surface area (Å²) in [6.07, 6.45) is 7.88. The number of hydrogen-bond acceptors (Lipinski definition) is 2. The molecule has 0 saturated carbocycles. The molecule has 46 valence electrons. The minimum Gasteiger partial charge on any atom is -0.360 e. The third-order valence-electron chi connectivity index (χ3n) is 0.566. The summed E-state index contributed by atoms with van der Waals surface area (Å²) in [5, 5.41) is 0. The predicted octanol–water partition coefficient (Wildman–Crippen LogP) is 0.617. The molecule has 9 heavy (non-hydrogen) atoms. The maximum Gasteiger partial charge on any atom is 0.0267 e. The van der Waals surface area contributed by atoms with Crippen LogP contribution in [0.1, 0.15) is 0 Å². The standard InChI is InChI=1S/C5H5N.C2H3N/c1-2-4-6-5-3-1;1-2-3/h1-5H;1H,3H2. The second kappa shape index (κ2) is 6.51. The molecule has 0 amide bonds. The molecule has 0 aliphatic heterocycles. The van der Waals surface area contributed by atoms with Crippen LogP contribution < -0.4 is 5.73 Å². The molecule has 0 saturated heterocycles. The normalized spacial score (nSPS) is 6.11. The summed E-state index contributed by atoms with van der Waals surface area (Å²) in [7, 11) is 0. The zero-order valence-corrected chi connectivity index (χ0v) is 4.99. The van der Waals surface area contributed by atoms with Gasteiger partial charge in [0.25, 0.3) is 0 Å². The lowest BCUT2D eigenvalue weighted by atomic mass is 10.5. The second-order valence-electron chi connectivity index (χ2n) is 1.19. The molecule has 0 spiro atoms. The monoisotopic (exact) mass is 120 g/mol. The molecule has 2 heteroatoms. The van der Waals surface area contributed by atoms with Crippen LogP contribution in [-0.4, -0.2) is 4.98 Å². The van der Waals surface area contributed by atoms with Crippen LogP contribution in [0.25, 0.3) is 0 Å². The molecule has 0 atom stereocenters. The third-order valence-corrected chi connectivity index (χ3v) is 0.566. The van der Waals surface area contributed by atoms with Crippen LogP contribution in [0, 0.1) is 12.5 Å². The zero-order valence-electron chi connectivity index (χ0n) is 4.99. The lowest BCUT2D eigenvalue weighted by Crippen LogP contribution is -1.69. The molecule has 0 bridgehead atoms. The minimum absolute atomic E-state index is 1.75. The number of pyridine rings is 1. The molecular weight excluding hydrogens is 112 g/mol. The lowest BCUT2D eigenvalue weighted by Gasteiger charge is -1.70. The van der Waals surface area contributed by atoms with Crippen LogP contribution in [0.15, 0.2) is 30.6 Å². The van der Waals surface area contributed by atoms with Gasteiger partial charge in [0.1, 0.15) is 0 Å². The summed E-state index contributed by atoms with van der Waals surface area (Å²) in [4.78, 5) is 3.78. The average molecular weight is 120 g/mol. The lowest BCUT2D eigenvalue weighted by molar-refractivity contribution is 1.33. The van der Waals surface area contributed by atoms with E-state index in [1.54, 1.807) is 18.4 Å². The third kappa shape index (κ3) is 6.51. The van der Waals surface area contributed by atoms with Crippen molar-refractivity contribution >= 4 is 0 Å². The molecule has 1 aromatic heterocycles. The van der Waals surface area contributed by atoms with Gasteiger partial charge in [0.15, 0.2) is 0 Å². The van der Waals surface area contributed by atoms with Crippen LogP contribution >= 0.6 is 0 Å². The number of nitrogens with two attached hydrogens (primary N) is 1. The van der Waals surface area contributed by atoms with Crippen molar-refractivity contribution in [1.29, 1.82) is 0 Å². The summed E-state index contributed by atoms with van der Waals surface area (Å²) >= 11 is 0. The van der Waals surface area contributed by atoms with Gasteiger partial charge < -0.3 is 5.73 Å². The first-order valence-electron chi connectivity index (χ1n) is 2.43. The van der Waals surface area contributed by atoms with Gasteiger partial charge >= 0.3 is 0 Å². The molecule has 2 N–H and O–H groups in total. The number of nitrogens with zero attached hydrogens (tertiary/aromatic N) is 1. The van der Waals surface area contributed by atoms with E-state index in [9.17, 15) is 0 Å². The van der Waals surface area contributed by atoms with Gasteiger partial charge in [0, 0.05) is 12.4 Å². The van der Waals surface area contributed by atoms with Crippen molar-refractivity contribution in [1.82, 2.24) is 4.98 Å². The van der Waals surface area contributed by atoms with Crippen LogP contribution in [0.2, 0.25) is 0 Å². The SMILES string of the molecule is C#CN.c1ccncc1. The minimum atomic E-state index is 1.75. The van der Waals surface area contributed by atoms with Crippen molar-refractivity contribution in [2.45, 2.75) is 0 Å². The fraction of sp³-hybridized carbons (Fsp3) is 0. The largest absolute Gasteiger partial charge is 0.360 e. The molecule has 0 fully saturated rings. The highest BCUT2D eigenvalue weighted by atomic mass is 14.6. The van der Waals surface area contributed by atoms with E-state index in [1.807, 2.05) is 18.2 Å². The molecule has 0 aliphatic carbocycles. The number of hydrogen-bond donors (Lipinski definition) is 1. The maximum absolute atomic E-state index is 4.38. The van der Waals surface area contributed by atoms with E-state index in [0.29, 0.717) is 0 Å². The van der Waals surface area contributed by atoms with Gasteiger partial charge in [-0.15, -0.1) is 0 Å². The molecule has 1 aromatic rings. The van der Waals surface area contributed by atoms with Crippen molar-refractivity contribution in [3.05, 3.63) is 30.6 Å². The van der Waals surface area contributed by atoms with E-state index in [-0.39, 0.29) is 0 Å². The second-order valence-corrected chi connectivity index (χ2v) is 1.19. The van der Waals surface area contributed by atoms with Gasteiger partial charge in [0.05, 0.1) is 0 Å². The quantitative estimate of drug-likeness (QED) is 0.402. The first-order chi connectivity index (χ1) is 4.41. The smallest absolute Gasteiger partial charge is 0.0267 e. The Hall–Kier alpha value is -1.49. The molecule has 1 heterocycles. The summed E-state index contributed by atoms with van der Waals surface area (Å²) in [6, 6.07) is 7.47. The fourth-order valence-electron chi connectivity index (χ4n) is 0.313. The summed E-state index contributed by atoms with van der Waals surface area (Å²) in [5.41, 5.74) is 4.38. The molecule has 0 aliphatic rings. The molecular formula is C7H8N2. The summed E-state index contributed by atoms with van der Waals surface area (Å²) in [5.74, 6) is 0. The van der Waals surface area contributed by atoms with E-state index < -0.39 is 0 Å². The number of rotatable bonds is 0. The zero-order chi connectivity index (χ0) is 6.95. The molecule has 0 aromatic carbocycles. The highest BCUT2D eigenvalue weighted by Gasteiger charge is 1.58. The number of terminal acetylenes is 1. The Morgan fingerprint density at radius 1 is 1.22 bits per heavy atom. The van der Waals surface area contributed by atoms with Crippen molar-refractivity contribution in [2.24, 2.45) is 5.73 Å². The van der Waals surface area contributed by atoms with Gasteiger partial charge in [-0.1, -0.05) is 12.5 Å². The van der Waals surface area contributed by atoms with E-state index in [1.165, 1.54) is 0 Å². The van der Waals surface area contributed by atoms with Crippen LogP contribution in [0.5, 0.6) is 0 Å².